The molecule has 0 atom stereocenters. The largest absolute Gasteiger partial charge is 0.478 e. The molecule has 6 nitrogen and oxygen atoms in total. The normalized spacial score (nSPS) is 10.2. The van der Waals surface area contributed by atoms with E-state index in [0.717, 1.165) is 11.1 Å². The molecule has 3 N–H and O–H groups in total. The van der Waals surface area contributed by atoms with Crippen LogP contribution in [-0.2, 0) is 22.4 Å². The maximum absolute atomic E-state index is 12.3. The number of carbonyl (C=O) groups excluding carboxylic acids is 2. The number of hydrogen-bond donors (Lipinski definition) is 3. The van der Waals surface area contributed by atoms with Crippen molar-refractivity contribution in [3.8, 4) is 0 Å². The molecule has 0 fully saturated rings. The van der Waals surface area contributed by atoms with Crippen LogP contribution in [0.2, 0.25) is 0 Å². The molecule has 3 aromatic carbocycles. The number of carboxylic acids is 1. The van der Waals surface area contributed by atoms with Gasteiger partial charge in [-0.25, -0.2) is 4.79 Å². The quantitative estimate of drug-likeness (QED) is 0.574. The summed E-state index contributed by atoms with van der Waals surface area (Å²) >= 11 is 0. The summed E-state index contributed by atoms with van der Waals surface area (Å²) in [5.41, 5.74) is 2.27. The second-order valence-corrected chi connectivity index (χ2v) is 6.53. The smallest absolute Gasteiger partial charge is 0.335 e. The number of anilines is 2. The van der Waals surface area contributed by atoms with Crippen molar-refractivity contribution < 1.29 is 19.5 Å². The van der Waals surface area contributed by atoms with E-state index in [1.54, 1.807) is 0 Å². The summed E-state index contributed by atoms with van der Waals surface area (Å²) in [6.45, 7) is 0. The number of amides is 2. The van der Waals surface area contributed by atoms with Gasteiger partial charge in [-0.1, -0.05) is 60.7 Å². The van der Waals surface area contributed by atoms with Crippen LogP contribution in [0.1, 0.15) is 21.5 Å². The van der Waals surface area contributed by atoms with E-state index in [1.165, 1.54) is 18.2 Å². The summed E-state index contributed by atoms with van der Waals surface area (Å²) in [6.07, 6.45) is 0.321. The number of hydrogen-bond acceptors (Lipinski definition) is 3. The minimum atomic E-state index is -1.15. The van der Waals surface area contributed by atoms with Crippen molar-refractivity contribution in [3.05, 3.63) is 95.6 Å². The molecule has 3 rings (SSSR count). The molecule has 0 aliphatic rings. The van der Waals surface area contributed by atoms with Crippen LogP contribution < -0.4 is 10.6 Å². The molecule has 146 valence electrons. The third kappa shape index (κ3) is 6.04. The van der Waals surface area contributed by atoms with E-state index in [9.17, 15) is 19.5 Å². The lowest BCUT2D eigenvalue weighted by atomic mass is 10.1. The summed E-state index contributed by atoms with van der Waals surface area (Å²) in [6, 6.07) is 22.7. The number of aromatic carboxylic acids is 1. The molecule has 0 aliphatic carbocycles. The standard InChI is InChI=1S/C23H20N2O4/c26-21(11-16-7-3-1-4-8-16)24-19-13-18(23(28)29)14-20(15-19)25-22(27)12-17-9-5-2-6-10-17/h1-10,13-15H,11-12H2,(H,24,26)(H,25,27)(H,28,29). The zero-order valence-electron chi connectivity index (χ0n) is 15.6. The first-order chi connectivity index (χ1) is 14.0. The fourth-order valence-electron chi connectivity index (χ4n) is 2.87. The Balaban J connectivity index is 1.72. The molecule has 0 saturated carbocycles. The van der Waals surface area contributed by atoms with Gasteiger partial charge in [-0.2, -0.15) is 0 Å². The second kappa shape index (κ2) is 9.32. The van der Waals surface area contributed by atoms with E-state index in [2.05, 4.69) is 10.6 Å². The lowest BCUT2D eigenvalue weighted by Gasteiger charge is -2.11. The lowest BCUT2D eigenvalue weighted by molar-refractivity contribution is -0.116. The minimum absolute atomic E-state index is 0.0301. The van der Waals surface area contributed by atoms with Crippen molar-refractivity contribution in [1.82, 2.24) is 0 Å². The molecule has 0 heterocycles. The Morgan fingerprint density at radius 1 is 0.655 bits per heavy atom. The molecule has 6 heteroatoms. The van der Waals surface area contributed by atoms with Crippen molar-refractivity contribution in [1.29, 1.82) is 0 Å². The number of benzene rings is 3. The Kier molecular flexibility index (Phi) is 6.37. The zero-order valence-corrected chi connectivity index (χ0v) is 15.6. The van der Waals surface area contributed by atoms with Gasteiger partial charge in [0, 0.05) is 11.4 Å². The first kappa shape index (κ1) is 19.8. The van der Waals surface area contributed by atoms with Gasteiger partial charge in [-0.3, -0.25) is 9.59 Å². The van der Waals surface area contributed by atoms with Crippen LogP contribution in [0.5, 0.6) is 0 Å². The molecule has 0 spiro atoms. The fourth-order valence-corrected chi connectivity index (χ4v) is 2.87. The van der Waals surface area contributed by atoms with Gasteiger partial charge in [0.05, 0.1) is 18.4 Å². The molecule has 0 bridgehead atoms. The van der Waals surface area contributed by atoms with E-state index in [1.807, 2.05) is 60.7 Å². The van der Waals surface area contributed by atoms with Crippen molar-refractivity contribution in [2.45, 2.75) is 12.8 Å². The SMILES string of the molecule is O=C(Cc1ccccc1)Nc1cc(NC(=O)Cc2ccccc2)cc(C(=O)O)c1. The Hall–Kier alpha value is -3.93. The van der Waals surface area contributed by atoms with Crippen molar-refractivity contribution >= 4 is 29.2 Å². The number of rotatable bonds is 7. The van der Waals surface area contributed by atoms with Crippen molar-refractivity contribution in [3.63, 3.8) is 0 Å². The molecule has 0 radical (unpaired) electrons. The summed E-state index contributed by atoms with van der Waals surface area (Å²) in [5, 5.41) is 14.7. The van der Waals surface area contributed by atoms with E-state index in [4.69, 9.17) is 0 Å². The lowest BCUT2D eigenvalue weighted by Crippen LogP contribution is -2.17. The molecular formula is C23H20N2O4. The van der Waals surface area contributed by atoms with Crippen LogP contribution in [0, 0.1) is 0 Å². The van der Waals surface area contributed by atoms with Gasteiger partial charge in [0.15, 0.2) is 0 Å². The zero-order chi connectivity index (χ0) is 20.6. The molecule has 0 aromatic heterocycles. The Morgan fingerprint density at radius 3 is 1.45 bits per heavy atom. The van der Waals surface area contributed by atoms with Crippen LogP contribution in [0.3, 0.4) is 0 Å². The van der Waals surface area contributed by atoms with Crippen LogP contribution in [-0.4, -0.2) is 22.9 Å². The molecule has 2 amide bonds. The maximum atomic E-state index is 12.3. The Bertz CT molecular complexity index is 944. The van der Waals surface area contributed by atoms with Gasteiger partial charge >= 0.3 is 5.97 Å². The monoisotopic (exact) mass is 388 g/mol. The number of carbonyl (C=O) groups is 3. The molecular weight excluding hydrogens is 368 g/mol. The van der Waals surface area contributed by atoms with Crippen LogP contribution in [0.25, 0.3) is 0 Å². The highest BCUT2D eigenvalue weighted by Gasteiger charge is 2.12. The van der Waals surface area contributed by atoms with Crippen LogP contribution in [0.15, 0.2) is 78.9 Å². The van der Waals surface area contributed by atoms with E-state index in [0.29, 0.717) is 11.4 Å². The Morgan fingerprint density at radius 2 is 1.07 bits per heavy atom. The molecule has 0 aliphatic heterocycles. The van der Waals surface area contributed by atoms with Gasteiger partial charge in [0.2, 0.25) is 11.8 Å². The molecule has 0 saturated heterocycles. The van der Waals surface area contributed by atoms with Gasteiger partial charge in [0.1, 0.15) is 0 Å². The minimum Gasteiger partial charge on any atom is -0.478 e. The van der Waals surface area contributed by atoms with E-state index in [-0.39, 0.29) is 30.2 Å². The summed E-state index contributed by atoms with van der Waals surface area (Å²) in [5.74, 6) is -1.71. The first-order valence-corrected chi connectivity index (χ1v) is 9.05. The predicted molar refractivity (Wildman–Crippen MR) is 111 cm³/mol. The molecule has 0 unspecified atom stereocenters. The van der Waals surface area contributed by atoms with Gasteiger partial charge in [-0.15, -0.1) is 0 Å². The fraction of sp³-hybridized carbons (Fsp3) is 0.0870. The Labute approximate surface area is 168 Å². The maximum Gasteiger partial charge on any atom is 0.335 e. The number of nitrogens with one attached hydrogen (secondary N) is 2. The van der Waals surface area contributed by atoms with E-state index >= 15 is 0 Å². The summed E-state index contributed by atoms with van der Waals surface area (Å²) in [4.78, 5) is 36.0. The highest BCUT2D eigenvalue weighted by Crippen LogP contribution is 2.20. The average molecular weight is 388 g/mol. The summed E-state index contributed by atoms with van der Waals surface area (Å²) in [7, 11) is 0. The first-order valence-electron chi connectivity index (χ1n) is 9.05. The summed E-state index contributed by atoms with van der Waals surface area (Å²) < 4.78 is 0. The third-order valence-corrected chi connectivity index (χ3v) is 4.16. The molecule has 29 heavy (non-hydrogen) atoms. The van der Waals surface area contributed by atoms with Gasteiger partial charge in [-0.05, 0) is 29.3 Å². The average Bonchev–Trinajstić information content (AvgIpc) is 2.69. The van der Waals surface area contributed by atoms with Gasteiger partial charge in [0.25, 0.3) is 0 Å². The second-order valence-electron chi connectivity index (χ2n) is 6.53. The highest BCUT2D eigenvalue weighted by molar-refractivity contribution is 5.98. The number of carboxylic acid groups (broad SMARTS) is 1. The van der Waals surface area contributed by atoms with E-state index < -0.39 is 5.97 Å². The van der Waals surface area contributed by atoms with Crippen molar-refractivity contribution in [2.24, 2.45) is 0 Å². The highest BCUT2D eigenvalue weighted by atomic mass is 16.4. The van der Waals surface area contributed by atoms with Crippen LogP contribution >= 0.6 is 0 Å². The predicted octanol–water partition coefficient (Wildman–Crippen LogP) is 3.75. The van der Waals surface area contributed by atoms with Crippen LogP contribution in [0.4, 0.5) is 11.4 Å². The van der Waals surface area contributed by atoms with Gasteiger partial charge < -0.3 is 15.7 Å². The molecule has 3 aromatic rings. The van der Waals surface area contributed by atoms with Crippen molar-refractivity contribution in [2.75, 3.05) is 10.6 Å². The topological polar surface area (TPSA) is 95.5 Å². The third-order valence-electron chi connectivity index (χ3n) is 4.16.